The number of piperidine rings is 2. The topological polar surface area (TPSA) is 75.4 Å². The summed E-state index contributed by atoms with van der Waals surface area (Å²) >= 11 is 1.45. The Morgan fingerprint density at radius 2 is 2.16 bits per heavy atom. The number of rotatable bonds is 5. The largest absolute Gasteiger partial charge is 0.355 e. The van der Waals surface area contributed by atoms with E-state index in [4.69, 9.17) is 0 Å². The lowest BCUT2D eigenvalue weighted by atomic mass is 9.83. The van der Waals surface area contributed by atoms with E-state index in [1.54, 1.807) is 10.8 Å². The average Bonchev–Trinajstić information content (AvgIpc) is 3.12. The summed E-state index contributed by atoms with van der Waals surface area (Å²) in [6.07, 6.45) is 8.01. The summed E-state index contributed by atoms with van der Waals surface area (Å²) in [6.45, 7) is 3.28. The maximum atomic E-state index is 12.2. The number of carbonyl (C=O) groups is 1. The van der Waals surface area contributed by atoms with Gasteiger partial charge in [-0.1, -0.05) is 18.2 Å². The summed E-state index contributed by atoms with van der Waals surface area (Å²) < 4.78 is 1.62. The van der Waals surface area contributed by atoms with Crippen LogP contribution in [0.15, 0.2) is 23.5 Å². The molecule has 8 heteroatoms. The Bertz CT molecular complexity index is 733. The monoisotopic (exact) mass is 360 g/mol. The second-order valence-corrected chi connectivity index (χ2v) is 7.90. The van der Waals surface area contributed by atoms with E-state index >= 15 is 0 Å². The lowest BCUT2D eigenvalue weighted by Gasteiger charge is -2.44. The van der Waals surface area contributed by atoms with Gasteiger partial charge in [-0.2, -0.15) is 9.61 Å². The lowest BCUT2D eigenvalue weighted by Crippen LogP contribution is -2.51. The highest BCUT2D eigenvalue weighted by Crippen LogP contribution is 2.30. The zero-order chi connectivity index (χ0) is 17.1. The van der Waals surface area contributed by atoms with Crippen molar-refractivity contribution >= 4 is 23.3 Å². The van der Waals surface area contributed by atoms with Gasteiger partial charge in [0.25, 0.3) is 0 Å². The zero-order valence-corrected chi connectivity index (χ0v) is 15.1. The summed E-state index contributed by atoms with van der Waals surface area (Å²) in [5.74, 6) is 1.08. The van der Waals surface area contributed by atoms with E-state index < -0.39 is 0 Å². The fourth-order valence-electron chi connectivity index (χ4n) is 4.04. The first-order valence-corrected chi connectivity index (χ1v) is 10.1. The van der Waals surface area contributed by atoms with E-state index in [1.165, 1.54) is 57.0 Å². The summed E-state index contributed by atoms with van der Waals surface area (Å²) in [4.78, 5) is 14.9. The standard InChI is InChI=1S/C17H24N6OS/c24-16(11-25-17-7-6-15-20-19-12-23(15)21-17)18-10-13-4-3-9-22-8-2-1-5-14(13)22/h6-7,12-14H,1-5,8-11H2,(H,18,24). The van der Waals surface area contributed by atoms with E-state index in [2.05, 4.69) is 25.5 Å². The third-order valence-corrected chi connectivity index (χ3v) is 6.20. The van der Waals surface area contributed by atoms with Gasteiger partial charge < -0.3 is 10.2 Å². The first kappa shape index (κ1) is 16.8. The first-order chi connectivity index (χ1) is 12.3. The van der Waals surface area contributed by atoms with Crippen molar-refractivity contribution in [2.24, 2.45) is 5.92 Å². The minimum atomic E-state index is 0.0867. The number of fused-ring (bicyclic) bond motifs is 2. The Labute approximate surface area is 151 Å². The van der Waals surface area contributed by atoms with Gasteiger partial charge in [-0.25, -0.2) is 0 Å². The van der Waals surface area contributed by atoms with Crippen LogP contribution < -0.4 is 5.32 Å². The minimum absolute atomic E-state index is 0.0867. The van der Waals surface area contributed by atoms with Crippen LogP contribution in [0.1, 0.15) is 32.1 Å². The number of amides is 1. The van der Waals surface area contributed by atoms with E-state index in [9.17, 15) is 4.79 Å². The SMILES string of the molecule is O=C(CSc1ccc2nncn2n1)NCC1CCCN2CCCCC12. The summed E-state index contributed by atoms with van der Waals surface area (Å²) in [6, 6.07) is 4.41. The van der Waals surface area contributed by atoms with E-state index in [-0.39, 0.29) is 5.91 Å². The van der Waals surface area contributed by atoms with Crippen LogP contribution in [0, 0.1) is 5.92 Å². The molecule has 0 spiro atoms. The smallest absolute Gasteiger partial charge is 0.230 e. The average molecular weight is 360 g/mol. The van der Waals surface area contributed by atoms with Crippen LogP contribution in [0.4, 0.5) is 0 Å². The van der Waals surface area contributed by atoms with Crippen LogP contribution in [0.2, 0.25) is 0 Å². The Balaban J connectivity index is 1.25. The highest BCUT2D eigenvalue weighted by Gasteiger charge is 2.32. The van der Waals surface area contributed by atoms with E-state index in [0.717, 1.165) is 11.6 Å². The third kappa shape index (κ3) is 3.95. The molecule has 0 aromatic carbocycles. The molecular formula is C17H24N6OS. The number of carbonyl (C=O) groups excluding carboxylic acids is 1. The van der Waals surface area contributed by atoms with Gasteiger partial charge in [0, 0.05) is 12.6 Å². The summed E-state index contributed by atoms with van der Waals surface area (Å²) in [5, 5.41) is 16.1. The number of nitrogens with zero attached hydrogens (tertiary/aromatic N) is 5. The Morgan fingerprint density at radius 3 is 3.12 bits per heavy atom. The van der Waals surface area contributed by atoms with Crippen molar-refractivity contribution in [2.45, 2.75) is 43.2 Å². The fourth-order valence-corrected chi connectivity index (χ4v) is 4.73. The number of nitrogens with one attached hydrogen (secondary N) is 1. The molecule has 2 aromatic rings. The predicted octanol–water partition coefficient (Wildman–Crippen LogP) is 1.60. The van der Waals surface area contributed by atoms with Crippen LogP contribution >= 0.6 is 11.8 Å². The molecule has 4 rings (SSSR count). The molecule has 1 N–H and O–H groups in total. The molecule has 4 heterocycles. The molecule has 2 aliphatic heterocycles. The van der Waals surface area contributed by atoms with Crippen molar-refractivity contribution in [1.82, 2.24) is 30.0 Å². The molecule has 2 atom stereocenters. The lowest BCUT2D eigenvalue weighted by molar-refractivity contribution is -0.119. The van der Waals surface area contributed by atoms with Gasteiger partial charge in [-0.15, -0.1) is 10.2 Å². The Kier molecular flexibility index (Phi) is 5.17. The van der Waals surface area contributed by atoms with Gasteiger partial charge in [0.2, 0.25) is 5.91 Å². The van der Waals surface area contributed by atoms with Crippen LogP contribution in [-0.2, 0) is 4.79 Å². The molecule has 0 radical (unpaired) electrons. The number of hydrogen-bond acceptors (Lipinski definition) is 6. The molecule has 2 saturated heterocycles. The second kappa shape index (κ2) is 7.70. The molecule has 2 unspecified atom stereocenters. The van der Waals surface area contributed by atoms with E-state index in [0.29, 0.717) is 23.4 Å². The van der Waals surface area contributed by atoms with Crippen LogP contribution in [0.5, 0.6) is 0 Å². The normalized spacial score (nSPS) is 24.2. The zero-order valence-electron chi connectivity index (χ0n) is 14.3. The molecule has 0 bridgehead atoms. The van der Waals surface area contributed by atoms with Crippen molar-refractivity contribution in [2.75, 3.05) is 25.4 Å². The van der Waals surface area contributed by atoms with Crippen molar-refractivity contribution in [3.63, 3.8) is 0 Å². The minimum Gasteiger partial charge on any atom is -0.355 e. The maximum absolute atomic E-state index is 12.2. The highest BCUT2D eigenvalue weighted by atomic mass is 32.2. The third-order valence-electron chi connectivity index (χ3n) is 5.28. The second-order valence-electron chi connectivity index (χ2n) is 6.90. The molecule has 2 aliphatic rings. The van der Waals surface area contributed by atoms with Gasteiger partial charge in [0.05, 0.1) is 5.75 Å². The first-order valence-electron chi connectivity index (χ1n) is 9.10. The van der Waals surface area contributed by atoms with Crippen molar-refractivity contribution < 1.29 is 4.79 Å². The number of aromatic nitrogens is 4. The highest BCUT2D eigenvalue weighted by molar-refractivity contribution is 7.99. The molecule has 2 fully saturated rings. The van der Waals surface area contributed by atoms with Crippen LogP contribution in [-0.4, -0.2) is 62.0 Å². The quantitative estimate of drug-likeness (QED) is 0.816. The molecule has 2 aromatic heterocycles. The van der Waals surface area contributed by atoms with Crippen LogP contribution in [0.3, 0.4) is 0 Å². The Morgan fingerprint density at radius 1 is 1.24 bits per heavy atom. The van der Waals surface area contributed by atoms with Gasteiger partial charge >= 0.3 is 0 Å². The van der Waals surface area contributed by atoms with Gasteiger partial charge in [0.15, 0.2) is 5.65 Å². The molecule has 134 valence electrons. The van der Waals surface area contributed by atoms with Crippen molar-refractivity contribution in [1.29, 1.82) is 0 Å². The summed E-state index contributed by atoms with van der Waals surface area (Å²) in [7, 11) is 0. The van der Waals surface area contributed by atoms with Crippen LogP contribution in [0.25, 0.3) is 5.65 Å². The van der Waals surface area contributed by atoms with Crippen molar-refractivity contribution in [3.05, 3.63) is 18.5 Å². The van der Waals surface area contributed by atoms with Gasteiger partial charge in [-0.3, -0.25) is 4.79 Å². The molecule has 7 nitrogen and oxygen atoms in total. The molecule has 1 amide bonds. The molecule has 0 saturated carbocycles. The Hall–Kier alpha value is -1.67. The van der Waals surface area contributed by atoms with Gasteiger partial charge in [-0.05, 0) is 56.8 Å². The van der Waals surface area contributed by atoms with Gasteiger partial charge in [0.1, 0.15) is 11.4 Å². The fraction of sp³-hybridized carbons (Fsp3) is 0.647. The number of thioether (sulfide) groups is 1. The molecular weight excluding hydrogens is 336 g/mol. The maximum Gasteiger partial charge on any atom is 0.230 e. The molecule has 0 aliphatic carbocycles. The summed E-state index contributed by atoms with van der Waals surface area (Å²) in [5.41, 5.74) is 0.711. The van der Waals surface area contributed by atoms with E-state index in [1.807, 2.05) is 12.1 Å². The van der Waals surface area contributed by atoms with Crippen molar-refractivity contribution in [3.8, 4) is 0 Å². The predicted molar refractivity (Wildman–Crippen MR) is 96.5 cm³/mol. The number of hydrogen-bond donors (Lipinski definition) is 1. The molecule has 25 heavy (non-hydrogen) atoms.